The number of amides is 5. The Labute approximate surface area is 179 Å². The van der Waals surface area contributed by atoms with Crippen molar-refractivity contribution in [1.82, 2.24) is 21.3 Å². The van der Waals surface area contributed by atoms with Crippen LogP contribution >= 0.6 is 0 Å². The molecule has 0 saturated carbocycles. The Hall–Kier alpha value is -3.22. The molecular formula is C18H30N6O7. The highest BCUT2D eigenvalue weighted by Crippen LogP contribution is 2.07. The van der Waals surface area contributed by atoms with Gasteiger partial charge in [0.2, 0.25) is 29.5 Å². The van der Waals surface area contributed by atoms with E-state index in [1.807, 2.05) is 0 Å². The molecule has 5 amide bonds. The van der Waals surface area contributed by atoms with Gasteiger partial charge in [-0.05, 0) is 39.2 Å². The SMILES string of the molecule is CC(NC(=O)C(CCC(N)=O)NC(=O)C(CCC(N)=O)NC(=O)C1CCCN1)C(=O)O. The number of aliphatic carboxylic acids is 1. The zero-order chi connectivity index (χ0) is 23.6. The van der Waals surface area contributed by atoms with Gasteiger partial charge in [-0.15, -0.1) is 0 Å². The van der Waals surface area contributed by atoms with Gasteiger partial charge < -0.3 is 37.8 Å². The summed E-state index contributed by atoms with van der Waals surface area (Å²) in [7, 11) is 0. The zero-order valence-electron chi connectivity index (χ0n) is 17.3. The van der Waals surface area contributed by atoms with E-state index in [2.05, 4.69) is 21.3 Å². The number of carbonyl (C=O) groups excluding carboxylic acids is 5. The molecule has 1 rings (SSSR count). The summed E-state index contributed by atoms with van der Waals surface area (Å²) in [6.07, 6.45) is 0.671. The molecule has 1 heterocycles. The highest BCUT2D eigenvalue weighted by molar-refractivity contribution is 5.94. The van der Waals surface area contributed by atoms with Crippen molar-refractivity contribution >= 4 is 35.5 Å². The van der Waals surface area contributed by atoms with Crippen LogP contribution in [0.3, 0.4) is 0 Å². The largest absolute Gasteiger partial charge is 0.480 e. The van der Waals surface area contributed by atoms with Crippen molar-refractivity contribution in [2.24, 2.45) is 11.5 Å². The molecule has 0 radical (unpaired) electrons. The highest BCUT2D eigenvalue weighted by atomic mass is 16.4. The number of nitrogens with one attached hydrogen (secondary N) is 4. The maximum absolute atomic E-state index is 12.8. The molecule has 0 aliphatic carbocycles. The summed E-state index contributed by atoms with van der Waals surface area (Å²) in [6, 6.07) is -4.16. The first-order chi connectivity index (χ1) is 14.5. The van der Waals surface area contributed by atoms with Gasteiger partial charge in [0.1, 0.15) is 18.1 Å². The van der Waals surface area contributed by atoms with Crippen LogP contribution in [0.15, 0.2) is 0 Å². The Balaban J connectivity index is 2.90. The molecule has 9 N–H and O–H groups in total. The van der Waals surface area contributed by atoms with Crippen molar-refractivity contribution in [2.75, 3.05) is 6.54 Å². The molecule has 1 fully saturated rings. The van der Waals surface area contributed by atoms with Crippen molar-refractivity contribution in [3.8, 4) is 0 Å². The zero-order valence-corrected chi connectivity index (χ0v) is 17.3. The monoisotopic (exact) mass is 442 g/mol. The third-order valence-electron chi connectivity index (χ3n) is 4.73. The maximum atomic E-state index is 12.8. The van der Waals surface area contributed by atoms with Gasteiger partial charge in [0, 0.05) is 12.8 Å². The smallest absolute Gasteiger partial charge is 0.325 e. The molecule has 0 bridgehead atoms. The Morgan fingerprint density at radius 1 is 0.935 bits per heavy atom. The van der Waals surface area contributed by atoms with E-state index in [1.54, 1.807) is 0 Å². The molecule has 4 unspecified atom stereocenters. The molecule has 0 aromatic rings. The molecule has 4 atom stereocenters. The summed E-state index contributed by atoms with van der Waals surface area (Å²) < 4.78 is 0. The van der Waals surface area contributed by atoms with E-state index in [9.17, 15) is 28.8 Å². The lowest BCUT2D eigenvalue weighted by atomic mass is 10.1. The van der Waals surface area contributed by atoms with Crippen molar-refractivity contribution in [2.45, 2.75) is 69.6 Å². The van der Waals surface area contributed by atoms with Crippen molar-refractivity contribution in [3.63, 3.8) is 0 Å². The van der Waals surface area contributed by atoms with Crippen LogP contribution < -0.4 is 32.7 Å². The van der Waals surface area contributed by atoms with Crippen molar-refractivity contribution < 1.29 is 33.9 Å². The van der Waals surface area contributed by atoms with Crippen LogP contribution in [0, 0.1) is 0 Å². The normalized spacial score (nSPS) is 18.3. The van der Waals surface area contributed by atoms with Crippen LogP contribution in [0.1, 0.15) is 45.4 Å². The number of hydrogen-bond donors (Lipinski definition) is 7. The quantitative estimate of drug-likeness (QED) is 0.154. The summed E-state index contributed by atoms with van der Waals surface area (Å²) in [5, 5.41) is 19.1. The van der Waals surface area contributed by atoms with Crippen LogP contribution in [0.2, 0.25) is 0 Å². The number of carboxylic acid groups (broad SMARTS) is 1. The first-order valence-electron chi connectivity index (χ1n) is 9.95. The topological polar surface area (TPSA) is 223 Å². The molecule has 0 aromatic carbocycles. The lowest BCUT2D eigenvalue weighted by Gasteiger charge is -2.24. The van der Waals surface area contributed by atoms with E-state index < -0.39 is 59.7 Å². The highest BCUT2D eigenvalue weighted by Gasteiger charge is 2.31. The Kier molecular flexibility index (Phi) is 10.4. The Morgan fingerprint density at radius 2 is 1.45 bits per heavy atom. The minimum absolute atomic E-state index is 0.102. The summed E-state index contributed by atoms with van der Waals surface area (Å²) in [4.78, 5) is 70.8. The predicted octanol–water partition coefficient (Wildman–Crippen LogP) is -3.17. The number of carboxylic acids is 1. The summed E-state index contributed by atoms with van der Waals surface area (Å²) in [5.74, 6) is -4.72. The average Bonchev–Trinajstić information content (AvgIpc) is 3.22. The Morgan fingerprint density at radius 3 is 1.90 bits per heavy atom. The molecule has 1 aliphatic heterocycles. The fourth-order valence-electron chi connectivity index (χ4n) is 2.94. The molecule has 1 aliphatic rings. The second-order valence-electron chi connectivity index (χ2n) is 7.35. The van der Waals surface area contributed by atoms with E-state index in [0.717, 1.165) is 6.42 Å². The summed E-state index contributed by atoms with van der Waals surface area (Å²) in [5.41, 5.74) is 10.2. The Bertz CT molecular complexity index is 708. The van der Waals surface area contributed by atoms with Gasteiger partial charge in [0.05, 0.1) is 6.04 Å². The molecule has 1 saturated heterocycles. The lowest BCUT2D eigenvalue weighted by molar-refractivity contribution is -0.142. The molecule has 174 valence electrons. The van der Waals surface area contributed by atoms with Crippen LogP contribution in [0.4, 0.5) is 0 Å². The van der Waals surface area contributed by atoms with Gasteiger partial charge in [-0.1, -0.05) is 0 Å². The summed E-state index contributed by atoms with van der Waals surface area (Å²) >= 11 is 0. The number of hydrogen-bond acceptors (Lipinski definition) is 7. The average molecular weight is 442 g/mol. The number of rotatable bonds is 13. The van der Waals surface area contributed by atoms with Crippen molar-refractivity contribution in [1.29, 1.82) is 0 Å². The third kappa shape index (κ3) is 9.42. The number of nitrogens with two attached hydrogens (primary N) is 2. The molecule has 0 aromatic heterocycles. The van der Waals surface area contributed by atoms with E-state index >= 15 is 0 Å². The standard InChI is InChI=1S/C18H30N6O7/c1-9(18(30)31)22-16(28)11(4-6-13(19)25)24-17(29)12(5-7-14(20)26)23-15(27)10-3-2-8-21-10/h9-12,21H,2-8H2,1H3,(H2,19,25)(H2,20,26)(H,22,28)(H,23,27)(H,24,29)(H,30,31). The molecular weight excluding hydrogens is 412 g/mol. The fraction of sp³-hybridized carbons (Fsp3) is 0.667. The van der Waals surface area contributed by atoms with Crippen LogP contribution in [-0.4, -0.2) is 71.3 Å². The number of primary amides is 2. The van der Waals surface area contributed by atoms with Crippen LogP contribution in [-0.2, 0) is 28.8 Å². The molecule has 13 nitrogen and oxygen atoms in total. The minimum atomic E-state index is -1.29. The first-order valence-corrected chi connectivity index (χ1v) is 9.95. The van der Waals surface area contributed by atoms with E-state index in [-0.39, 0.29) is 25.7 Å². The second-order valence-corrected chi connectivity index (χ2v) is 7.35. The van der Waals surface area contributed by atoms with Crippen LogP contribution in [0.25, 0.3) is 0 Å². The van der Waals surface area contributed by atoms with Crippen LogP contribution in [0.5, 0.6) is 0 Å². The van der Waals surface area contributed by atoms with Gasteiger partial charge >= 0.3 is 5.97 Å². The lowest BCUT2D eigenvalue weighted by Crippen LogP contribution is -2.57. The maximum Gasteiger partial charge on any atom is 0.325 e. The fourth-order valence-corrected chi connectivity index (χ4v) is 2.94. The van der Waals surface area contributed by atoms with E-state index in [0.29, 0.717) is 13.0 Å². The molecule has 13 heteroatoms. The third-order valence-corrected chi connectivity index (χ3v) is 4.73. The first kappa shape index (κ1) is 25.8. The van der Waals surface area contributed by atoms with Crippen molar-refractivity contribution in [3.05, 3.63) is 0 Å². The van der Waals surface area contributed by atoms with Gasteiger partial charge in [0.25, 0.3) is 0 Å². The second kappa shape index (κ2) is 12.5. The van der Waals surface area contributed by atoms with Gasteiger partial charge in [-0.25, -0.2) is 0 Å². The summed E-state index contributed by atoms with van der Waals surface area (Å²) in [6.45, 7) is 1.89. The predicted molar refractivity (Wildman–Crippen MR) is 107 cm³/mol. The van der Waals surface area contributed by atoms with Gasteiger partial charge in [-0.2, -0.15) is 0 Å². The number of carbonyl (C=O) groups is 6. The minimum Gasteiger partial charge on any atom is -0.480 e. The van der Waals surface area contributed by atoms with Gasteiger partial charge in [0.15, 0.2) is 0 Å². The van der Waals surface area contributed by atoms with E-state index in [1.165, 1.54) is 6.92 Å². The molecule has 31 heavy (non-hydrogen) atoms. The van der Waals surface area contributed by atoms with Gasteiger partial charge in [-0.3, -0.25) is 28.8 Å². The van der Waals surface area contributed by atoms with E-state index in [4.69, 9.17) is 16.6 Å². The molecule has 0 spiro atoms.